The molecule has 6 heteroatoms. The van der Waals surface area contributed by atoms with Gasteiger partial charge in [0, 0.05) is 24.6 Å². The van der Waals surface area contributed by atoms with E-state index in [9.17, 15) is 0 Å². The van der Waals surface area contributed by atoms with Gasteiger partial charge < -0.3 is 15.4 Å². The Labute approximate surface area is 129 Å². The molecule has 0 spiro atoms. The van der Waals surface area contributed by atoms with Gasteiger partial charge >= 0.3 is 0 Å². The number of rotatable bonds is 7. The van der Waals surface area contributed by atoms with E-state index in [4.69, 9.17) is 4.74 Å². The molecule has 0 saturated heterocycles. The van der Waals surface area contributed by atoms with E-state index < -0.39 is 0 Å². The lowest BCUT2D eigenvalue weighted by molar-refractivity contribution is 0.178. The van der Waals surface area contributed by atoms with E-state index in [1.807, 2.05) is 31.2 Å². The minimum Gasteiger partial charge on any atom is -0.377 e. The Morgan fingerprint density at radius 1 is 1.19 bits per heavy atom. The molecule has 2 rings (SSSR count). The summed E-state index contributed by atoms with van der Waals surface area (Å²) in [5.41, 5.74) is 1.04. The second kappa shape index (κ2) is 7.85. The molecular formula is C15H20N4OS. The van der Waals surface area contributed by atoms with Crippen molar-refractivity contribution in [3.63, 3.8) is 0 Å². The fourth-order valence-corrected chi connectivity index (χ4v) is 2.47. The van der Waals surface area contributed by atoms with Crippen LogP contribution in [0.2, 0.25) is 0 Å². The van der Waals surface area contributed by atoms with E-state index in [0.29, 0.717) is 12.4 Å². The minimum absolute atomic E-state index is 0.387. The summed E-state index contributed by atoms with van der Waals surface area (Å²) in [5, 5.41) is 6.56. The average Bonchev–Trinajstić information content (AvgIpc) is 2.48. The van der Waals surface area contributed by atoms with Crippen LogP contribution in [0, 0.1) is 0 Å². The van der Waals surface area contributed by atoms with Crippen molar-refractivity contribution in [3.8, 4) is 0 Å². The van der Waals surface area contributed by atoms with Crippen molar-refractivity contribution < 1.29 is 4.74 Å². The highest BCUT2D eigenvalue weighted by atomic mass is 32.2. The fourth-order valence-electron chi connectivity index (χ4n) is 1.91. The SMILES string of the molecule is CCNc1cc(Nc2ccccc2SC)nc(COC)n1. The molecule has 5 nitrogen and oxygen atoms in total. The van der Waals surface area contributed by atoms with Gasteiger partial charge in [-0.25, -0.2) is 9.97 Å². The predicted octanol–water partition coefficient (Wildman–Crippen LogP) is 3.52. The average molecular weight is 304 g/mol. The molecular weight excluding hydrogens is 284 g/mol. The lowest BCUT2D eigenvalue weighted by Gasteiger charge is -2.12. The molecule has 0 bridgehead atoms. The van der Waals surface area contributed by atoms with Crippen LogP contribution in [-0.2, 0) is 11.3 Å². The standard InChI is InChI=1S/C15H20N4OS/c1-4-16-13-9-14(19-15(18-13)10-20-2)17-11-7-5-6-8-12(11)21-3/h5-9H,4,10H2,1-3H3,(H2,16,17,18,19). The summed E-state index contributed by atoms with van der Waals surface area (Å²) in [7, 11) is 1.64. The van der Waals surface area contributed by atoms with E-state index >= 15 is 0 Å². The highest BCUT2D eigenvalue weighted by molar-refractivity contribution is 7.98. The van der Waals surface area contributed by atoms with Gasteiger partial charge in [-0.1, -0.05) is 12.1 Å². The molecule has 0 fully saturated rings. The largest absolute Gasteiger partial charge is 0.377 e. The molecule has 21 heavy (non-hydrogen) atoms. The maximum absolute atomic E-state index is 5.13. The number of benzene rings is 1. The number of thioether (sulfide) groups is 1. The molecule has 0 saturated carbocycles. The highest BCUT2D eigenvalue weighted by Crippen LogP contribution is 2.27. The summed E-state index contributed by atoms with van der Waals surface area (Å²) in [6.45, 7) is 3.23. The molecule has 0 unspecified atom stereocenters. The Hall–Kier alpha value is -1.79. The summed E-state index contributed by atoms with van der Waals surface area (Å²) < 4.78 is 5.13. The molecule has 1 aromatic heterocycles. The first-order chi connectivity index (χ1) is 10.3. The molecule has 0 aliphatic rings. The first kappa shape index (κ1) is 15.6. The maximum Gasteiger partial charge on any atom is 0.158 e. The van der Waals surface area contributed by atoms with Crippen LogP contribution in [0.25, 0.3) is 0 Å². The summed E-state index contributed by atoms with van der Waals surface area (Å²) in [6, 6.07) is 10.0. The number of hydrogen-bond acceptors (Lipinski definition) is 6. The van der Waals surface area contributed by atoms with Crippen LogP contribution in [0.1, 0.15) is 12.7 Å². The quantitative estimate of drug-likeness (QED) is 0.763. The van der Waals surface area contributed by atoms with E-state index in [0.717, 1.165) is 23.9 Å². The van der Waals surface area contributed by atoms with E-state index in [-0.39, 0.29) is 0 Å². The predicted molar refractivity (Wildman–Crippen MR) is 88.4 cm³/mol. The lowest BCUT2D eigenvalue weighted by atomic mass is 10.3. The first-order valence-corrected chi connectivity index (χ1v) is 8.00. The van der Waals surface area contributed by atoms with Crippen molar-refractivity contribution in [1.29, 1.82) is 0 Å². The summed E-state index contributed by atoms with van der Waals surface area (Å²) in [4.78, 5) is 10.1. The Morgan fingerprint density at radius 2 is 1.95 bits per heavy atom. The topological polar surface area (TPSA) is 59.1 Å². The number of nitrogens with one attached hydrogen (secondary N) is 2. The third-order valence-corrected chi connectivity index (χ3v) is 3.57. The highest BCUT2D eigenvalue weighted by Gasteiger charge is 2.06. The van der Waals surface area contributed by atoms with Crippen molar-refractivity contribution in [2.75, 3.05) is 30.5 Å². The minimum atomic E-state index is 0.387. The third kappa shape index (κ3) is 4.34. The van der Waals surface area contributed by atoms with Crippen molar-refractivity contribution >= 4 is 29.1 Å². The van der Waals surface area contributed by atoms with Crippen molar-refractivity contribution in [3.05, 3.63) is 36.2 Å². The van der Waals surface area contributed by atoms with Gasteiger partial charge in [0.2, 0.25) is 0 Å². The van der Waals surface area contributed by atoms with Gasteiger partial charge in [-0.2, -0.15) is 0 Å². The number of methoxy groups -OCH3 is 1. The van der Waals surface area contributed by atoms with Crippen LogP contribution in [0.5, 0.6) is 0 Å². The molecule has 0 amide bonds. The molecule has 0 aliphatic heterocycles. The number of aromatic nitrogens is 2. The molecule has 0 atom stereocenters. The Bertz CT molecular complexity index is 567. The number of ether oxygens (including phenoxy) is 1. The van der Waals surface area contributed by atoms with Gasteiger partial charge in [-0.05, 0) is 25.3 Å². The lowest BCUT2D eigenvalue weighted by Crippen LogP contribution is -2.07. The molecule has 0 radical (unpaired) electrons. The van der Waals surface area contributed by atoms with E-state index in [1.165, 1.54) is 4.90 Å². The normalized spacial score (nSPS) is 10.4. The van der Waals surface area contributed by atoms with Gasteiger partial charge in [0.1, 0.15) is 18.2 Å². The number of hydrogen-bond donors (Lipinski definition) is 2. The van der Waals surface area contributed by atoms with Crippen molar-refractivity contribution in [1.82, 2.24) is 9.97 Å². The molecule has 112 valence electrons. The zero-order valence-electron chi connectivity index (χ0n) is 12.5. The molecule has 1 heterocycles. The molecule has 2 aromatic rings. The fraction of sp³-hybridized carbons (Fsp3) is 0.333. The van der Waals surface area contributed by atoms with Crippen LogP contribution < -0.4 is 10.6 Å². The van der Waals surface area contributed by atoms with Crippen LogP contribution >= 0.6 is 11.8 Å². The second-order valence-corrected chi connectivity index (χ2v) is 5.19. The Kier molecular flexibility index (Phi) is 5.83. The second-order valence-electron chi connectivity index (χ2n) is 4.34. The Balaban J connectivity index is 2.29. The van der Waals surface area contributed by atoms with Gasteiger partial charge in [0.05, 0.1) is 5.69 Å². The van der Waals surface area contributed by atoms with Gasteiger partial charge in [0.25, 0.3) is 0 Å². The van der Waals surface area contributed by atoms with Crippen LogP contribution in [0.15, 0.2) is 35.2 Å². The Morgan fingerprint density at radius 3 is 2.67 bits per heavy atom. The zero-order chi connectivity index (χ0) is 15.1. The van der Waals surface area contributed by atoms with Crippen LogP contribution in [-0.4, -0.2) is 29.9 Å². The maximum atomic E-state index is 5.13. The monoisotopic (exact) mass is 304 g/mol. The van der Waals surface area contributed by atoms with Crippen molar-refractivity contribution in [2.24, 2.45) is 0 Å². The first-order valence-electron chi connectivity index (χ1n) is 6.77. The zero-order valence-corrected chi connectivity index (χ0v) is 13.3. The van der Waals surface area contributed by atoms with Crippen LogP contribution in [0.4, 0.5) is 17.3 Å². The van der Waals surface area contributed by atoms with Crippen molar-refractivity contribution in [2.45, 2.75) is 18.4 Å². The van der Waals surface area contributed by atoms with E-state index in [1.54, 1.807) is 18.9 Å². The molecule has 1 aromatic carbocycles. The smallest absolute Gasteiger partial charge is 0.158 e. The third-order valence-electron chi connectivity index (χ3n) is 2.77. The van der Waals surface area contributed by atoms with Gasteiger partial charge in [-0.15, -0.1) is 11.8 Å². The van der Waals surface area contributed by atoms with Gasteiger partial charge in [0.15, 0.2) is 5.82 Å². The van der Waals surface area contributed by atoms with E-state index in [2.05, 4.69) is 32.9 Å². The molecule has 0 aliphatic carbocycles. The summed E-state index contributed by atoms with van der Waals surface area (Å²) in [5.74, 6) is 2.21. The summed E-state index contributed by atoms with van der Waals surface area (Å²) in [6.07, 6.45) is 2.06. The number of para-hydroxylation sites is 1. The van der Waals surface area contributed by atoms with Crippen LogP contribution in [0.3, 0.4) is 0 Å². The molecule has 2 N–H and O–H groups in total. The summed E-state index contributed by atoms with van der Waals surface area (Å²) >= 11 is 1.70. The van der Waals surface area contributed by atoms with Gasteiger partial charge in [-0.3, -0.25) is 0 Å². The number of nitrogens with zero attached hydrogens (tertiary/aromatic N) is 2. The number of anilines is 3.